The molecule has 1 aliphatic carbocycles. The van der Waals surface area contributed by atoms with E-state index < -0.39 is 0 Å². The summed E-state index contributed by atoms with van der Waals surface area (Å²) in [6.07, 6.45) is 5.31. The summed E-state index contributed by atoms with van der Waals surface area (Å²) >= 11 is 6.02. The maximum atomic E-state index is 13.7. The average molecular weight is 257 g/mol. The number of benzene rings is 1. The second kappa shape index (κ2) is 5.83. The number of hydrogen-bond acceptors (Lipinski definition) is 1. The first-order valence-electron chi connectivity index (χ1n) is 6.27. The van der Waals surface area contributed by atoms with Gasteiger partial charge in [0.2, 0.25) is 0 Å². The molecule has 0 amide bonds. The van der Waals surface area contributed by atoms with Crippen molar-refractivity contribution < 1.29 is 9.50 Å². The Kier molecular flexibility index (Phi) is 4.41. The van der Waals surface area contributed by atoms with Crippen molar-refractivity contribution in [3.8, 4) is 0 Å². The lowest BCUT2D eigenvalue weighted by Crippen LogP contribution is -2.13. The van der Waals surface area contributed by atoms with Crippen LogP contribution in [0, 0.1) is 11.7 Å². The minimum atomic E-state index is -0.229. The molecule has 1 saturated carbocycles. The van der Waals surface area contributed by atoms with E-state index in [0.717, 1.165) is 32.1 Å². The SMILES string of the molecule is OC1CCCCC(Cc2c(F)cccc2Cl)C1. The normalized spacial score (nSPS) is 25.6. The molecule has 1 N–H and O–H groups in total. The number of rotatable bonds is 2. The summed E-state index contributed by atoms with van der Waals surface area (Å²) in [6.45, 7) is 0. The minimum Gasteiger partial charge on any atom is -0.393 e. The first-order valence-corrected chi connectivity index (χ1v) is 6.65. The number of hydrogen-bond donors (Lipinski definition) is 1. The van der Waals surface area contributed by atoms with E-state index in [9.17, 15) is 9.50 Å². The first-order chi connectivity index (χ1) is 8.16. The standard InChI is InChI=1S/C14H18ClFO/c15-13-6-3-7-14(16)12(13)9-10-4-1-2-5-11(17)8-10/h3,6-7,10-11,17H,1-2,4-5,8-9H2. The van der Waals surface area contributed by atoms with E-state index in [1.165, 1.54) is 6.07 Å². The van der Waals surface area contributed by atoms with Gasteiger partial charge in [0, 0.05) is 10.6 Å². The summed E-state index contributed by atoms with van der Waals surface area (Å²) < 4.78 is 13.7. The van der Waals surface area contributed by atoms with Crippen molar-refractivity contribution in [1.29, 1.82) is 0 Å². The quantitative estimate of drug-likeness (QED) is 0.794. The summed E-state index contributed by atoms with van der Waals surface area (Å²) in [5.74, 6) is 0.123. The molecule has 0 spiro atoms. The molecule has 2 atom stereocenters. The van der Waals surface area contributed by atoms with Gasteiger partial charge in [0.05, 0.1) is 6.10 Å². The van der Waals surface area contributed by atoms with Crippen molar-refractivity contribution in [2.24, 2.45) is 5.92 Å². The lowest BCUT2D eigenvalue weighted by atomic mass is 9.91. The van der Waals surface area contributed by atoms with E-state index in [1.807, 2.05) is 0 Å². The molecule has 1 nitrogen and oxygen atoms in total. The number of aliphatic hydroxyl groups is 1. The number of halogens is 2. The van der Waals surface area contributed by atoms with Crippen molar-refractivity contribution in [3.05, 3.63) is 34.6 Å². The van der Waals surface area contributed by atoms with Crippen LogP contribution in [0.1, 0.15) is 37.7 Å². The largest absolute Gasteiger partial charge is 0.393 e. The third-order valence-corrected chi connectivity index (χ3v) is 3.91. The van der Waals surface area contributed by atoms with E-state index in [2.05, 4.69) is 0 Å². The Morgan fingerprint density at radius 2 is 2.06 bits per heavy atom. The summed E-state index contributed by atoms with van der Waals surface area (Å²) in [5.41, 5.74) is 0.605. The topological polar surface area (TPSA) is 20.2 Å². The number of aliphatic hydroxyl groups excluding tert-OH is 1. The van der Waals surface area contributed by atoms with Crippen LogP contribution < -0.4 is 0 Å². The second-order valence-corrected chi connectivity index (χ2v) is 5.35. The van der Waals surface area contributed by atoms with Crippen LogP contribution in [0.15, 0.2) is 18.2 Å². The van der Waals surface area contributed by atoms with E-state index >= 15 is 0 Å². The molecule has 0 saturated heterocycles. The molecular weight excluding hydrogens is 239 g/mol. The fourth-order valence-corrected chi connectivity index (χ4v) is 2.88. The lowest BCUT2D eigenvalue weighted by Gasteiger charge is -2.17. The van der Waals surface area contributed by atoms with Crippen molar-refractivity contribution in [2.75, 3.05) is 0 Å². The highest BCUT2D eigenvalue weighted by Gasteiger charge is 2.20. The zero-order valence-electron chi connectivity index (χ0n) is 9.83. The third-order valence-electron chi connectivity index (χ3n) is 3.56. The highest BCUT2D eigenvalue weighted by molar-refractivity contribution is 6.31. The van der Waals surface area contributed by atoms with Crippen LogP contribution in [0.25, 0.3) is 0 Å². The van der Waals surface area contributed by atoms with Gasteiger partial charge in [-0.15, -0.1) is 0 Å². The molecule has 1 fully saturated rings. The zero-order chi connectivity index (χ0) is 12.3. The van der Waals surface area contributed by atoms with Gasteiger partial charge >= 0.3 is 0 Å². The van der Waals surface area contributed by atoms with Crippen molar-refractivity contribution >= 4 is 11.6 Å². The summed E-state index contributed by atoms with van der Waals surface area (Å²) in [4.78, 5) is 0. The Balaban J connectivity index is 2.09. The molecule has 0 aromatic heterocycles. The van der Waals surface area contributed by atoms with Gasteiger partial charge in [0.1, 0.15) is 5.82 Å². The van der Waals surface area contributed by atoms with Gasteiger partial charge in [-0.3, -0.25) is 0 Å². The van der Waals surface area contributed by atoms with Crippen molar-refractivity contribution in [1.82, 2.24) is 0 Å². The predicted octanol–water partition coefficient (Wildman–Crippen LogP) is 3.96. The molecule has 3 heteroatoms. The molecule has 1 aromatic carbocycles. The highest BCUT2D eigenvalue weighted by atomic mass is 35.5. The second-order valence-electron chi connectivity index (χ2n) is 4.94. The summed E-state index contributed by atoms with van der Waals surface area (Å²) in [5, 5.41) is 10.3. The molecular formula is C14H18ClFO. The molecule has 2 rings (SSSR count). The zero-order valence-corrected chi connectivity index (χ0v) is 10.6. The predicted molar refractivity (Wildman–Crippen MR) is 67.7 cm³/mol. The molecule has 1 aromatic rings. The van der Waals surface area contributed by atoms with Crippen LogP contribution in [-0.2, 0) is 6.42 Å². The van der Waals surface area contributed by atoms with Gasteiger partial charge in [0.25, 0.3) is 0 Å². The monoisotopic (exact) mass is 256 g/mol. The van der Waals surface area contributed by atoms with Crippen molar-refractivity contribution in [3.63, 3.8) is 0 Å². The molecule has 0 radical (unpaired) electrons. The van der Waals surface area contributed by atoms with Gasteiger partial charge < -0.3 is 5.11 Å². The molecule has 1 aliphatic rings. The van der Waals surface area contributed by atoms with Gasteiger partial charge in [-0.25, -0.2) is 4.39 Å². The Labute approximate surface area is 107 Å². The van der Waals surface area contributed by atoms with E-state index in [-0.39, 0.29) is 11.9 Å². The van der Waals surface area contributed by atoms with Crippen LogP contribution in [-0.4, -0.2) is 11.2 Å². The smallest absolute Gasteiger partial charge is 0.127 e. The maximum Gasteiger partial charge on any atom is 0.127 e. The van der Waals surface area contributed by atoms with E-state index in [1.54, 1.807) is 12.1 Å². The fourth-order valence-electron chi connectivity index (χ4n) is 2.63. The minimum absolute atomic E-state index is 0.226. The first kappa shape index (κ1) is 12.8. The third kappa shape index (κ3) is 3.43. The average Bonchev–Trinajstić information content (AvgIpc) is 2.48. The summed E-state index contributed by atoms with van der Waals surface area (Å²) in [6, 6.07) is 4.81. The Bertz CT molecular complexity index is 360. The summed E-state index contributed by atoms with van der Waals surface area (Å²) in [7, 11) is 0. The van der Waals surface area contributed by atoms with Crippen molar-refractivity contribution in [2.45, 2.75) is 44.6 Å². The van der Waals surface area contributed by atoms with Gasteiger partial charge in [0.15, 0.2) is 0 Å². The molecule has 2 unspecified atom stereocenters. The molecule has 0 heterocycles. The van der Waals surface area contributed by atoms with Crippen LogP contribution in [0.3, 0.4) is 0 Å². The van der Waals surface area contributed by atoms with Crippen LogP contribution in [0.2, 0.25) is 5.02 Å². The highest BCUT2D eigenvalue weighted by Crippen LogP contribution is 2.29. The maximum absolute atomic E-state index is 13.7. The van der Waals surface area contributed by atoms with Gasteiger partial charge in [-0.1, -0.05) is 36.9 Å². The van der Waals surface area contributed by atoms with E-state index in [0.29, 0.717) is 22.9 Å². The van der Waals surface area contributed by atoms with Gasteiger partial charge in [-0.05, 0) is 37.3 Å². The van der Waals surface area contributed by atoms with Crippen LogP contribution in [0.4, 0.5) is 4.39 Å². The Morgan fingerprint density at radius 3 is 2.82 bits per heavy atom. The fraction of sp³-hybridized carbons (Fsp3) is 0.571. The van der Waals surface area contributed by atoms with Gasteiger partial charge in [-0.2, -0.15) is 0 Å². The lowest BCUT2D eigenvalue weighted by molar-refractivity contribution is 0.141. The molecule has 0 bridgehead atoms. The molecule has 0 aliphatic heterocycles. The Morgan fingerprint density at radius 1 is 1.29 bits per heavy atom. The van der Waals surface area contributed by atoms with Crippen LogP contribution in [0.5, 0.6) is 0 Å². The Hall–Kier alpha value is -0.600. The molecule has 94 valence electrons. The molecule has 17 heavy (non-hydrogen) atoms. The van der Waals surface area contributed by atoms with Crippen LogP contribution >= 0.6 is 11.6 Å². The van der Waals surface area contributed by atoms with E-state index in [4.69, 9.17) is 11.6 Å².